The zero-order chi connectivity index (χ0) is 17.1. The van der Waals surface area contributed by atoms with Crippen molar-refractivity contribution in [1.82, 2.24) is 10.1 Å². The molecule has 0 bridgehead atoms. The van der Waals surface area contributed by atoms with E-state index < -0.39 is 0 Å². The van der Waals surface area contributed by atoms with Gasteiger partial charge in [-0.15, -0.1) is 0 Å². The average Bonchev–Trinajstić information content (AvgIpc) is 2.53. The Balaban J connectivity index is 2.50. The third-order valence-corrected chi connectivity index (χ3v) is 3.49. The first-order valence-corrected chi connectivity index (χ1v) is 8.35. The molecular weight excluding hydrogens is 291 g/mol. The third-order valence-electron chi connectivity index (χ3n) is 3.49. The standard InChI is InChI=1S/C17H29BN2O3/c1-4-10-20(18)13-14-8-9-15(12-16(14)22-3)23-11-6-7-17(21)19-5-2/h8-9,12H,4-7,10-11,13,18H2,1-3H3,(H,19,21). The lowest BCUT2D eigenvalue weighted by molar-refractivity contribution is -0.121. The van der Waals surface area contributed by atoms with Gasteiger partial charge >= 0.3 is 0 Å². The largest absolute Gasteiger partial charge is 0.496 e. The Bertz CT molecular complexity index is 483. The van der Waals surface area contributed by atoms with Crippen molar-refractivity contribution in [3.8, 4) is 11.5 Å². The van der Waals surface area contributed by atoms with E-state index in [0.29, 0.717) is 26.0 Å². The second-order valence-electron chi connectivity index (χ2n) is 5.62. The molecule has 128 valence electrons. The van der Waals surface area contributed by atoms with Crippen LogP contribution in [-0.2, 0) is 11.3 Å². The van der Waals surface area contributed by atoms with Crippen LogP contribution in [0.1, 0.15) is 38.7 Å². The monoisotopic (exact) mass is 320 g/mol. The molecule has 0 aliphatic carbocycles. The van der Waals surface area contributed by atoms with Crippen molar-refractivity contribution in [3.63, 3.8) is 0 Å². The lowest BCUT2D eigenvalue weighted by Gasteiger charge is -2.18. The number of rotatable bonds is 11. The Labute approximate surface area is 140 Å². The second-order valence-corrected chi connectivity index (χ2v) is 5.62. The van der Waals surface area contributed by atoms with E-state index in [4.69, 9.17) is 9.47 Å². The fourth-order valence-corrected chi connectivity index (χ4v) is 2.41. The van der Waals surface area contributed by atoms with Gasteiger partial charge in [0, 0.05) is 31.1 Å². The molecule has 0 aromatic heterocycles. The van der Waals surface area contributed by atoms with E-state index in [9.17, 15) is 4.79 Å². The molecule has 0 aliphatic heterocycles. The van der Waals surface area contributed by atoms with E-state index in [1.807, 2.05) is 25.1 Å². The Kier molecular flexibility index (Phi) is 9.21. The molecule has 23 heavy (non-hydrogen) atoms. The van der Waals surface area contributed by atoms with Crippen LogP contribution in [0.3, 0.4) is 0 Å². The maximum atomic E-state index is 11.4. The van der Waals surface area contributed by atoms with Crippen LogP contribution in [0.15, 0.2) is 18.2 Å². The van der Waals surface area contributed by atoms with Gasteiger partial charge in [-0.05, 0) is 32.4 Å². The van der Waals surface area contributed by atoms with E-state index in [1.165, 1.54) is 0 Å². The van der Waals surface area contributed by atoms with Crippen LogP contribution in [0.2, 0.25) is 0 Å². The highest BCUT2D eigenvalue weighted by molar-refractivity contribution is 6.04. The smallest absolute Gasteiger partial charge is 0.220 e. The zero-order valence-electron chi connectivity index (χ0n) is 14.9. The lowest BCUT2D eigenvalue weighted by atomic mass is 10.1. The first-order valence-electron chi connectivity index (χ1n) is 8.35. The van der Waals surface area contributed by atoms with Gasteiger partial charge < -0.3 is 19.6 Å². The van der Waals surface area contributed by atoms with Crippen LogP contribution < -0.4 is 14.8 Å². The second kappa shape index (κ2) is 10.9. The Morgan fingerprint density at radius 1 is 1.35 bits per heavy atom. The summed E-state index contributed by atoms with van der Waals surface area (Å²) in [5.74, 6) is 1.69. The Morgan fingerprint density at radius 2 is 2.13 bits per heavy atom. The molecule has 0 spiro atoms. The van der Waals surface area contributed by atoms with Crippen molar-refractivity contribution in [1.29, 1.82) is 0 Å². The highest BCUT2D eigenvalue weighted by Gasteiger charge is 2.08. The molecule has 6 heteroatoms. The zero-order valence-corrected chi connectivity index (χ0v) is 14.9. The molecule has 0 saturated carbocycles. The summed E-state index contributed by atoms with van der Waals surface area (Å²) in [6.07, 6.45) is 2.33. The first kappa shape index (κ1) is 19.4. The quantitative estimate of drug-likeness (QED) is 0.498. The maximum Gasteiger partial charge on any atom is 0.220 e. The number of amides is 1. The predicted molar refractivity (Wildman–Crippen MR) is 95.7 cm³/mol. The van der Waals surface area contributed by atoms with Crippen molar-refractivity contribution in [2.75, 3.05) is 26.8 Å². The average molecular weight is 320 g/mol. The highest BCUT2D eigenvalue weighted by Crippen LogP contribution is 2.25. The van der Waals surface area contributed by atoms with Crippen molar-refractivity contribution in [3.05, 3.63) is 23.8 Å². The molecular formula is C17H29BN2O3. The summed E-state index contributed by atoms with van der Waals surface area (Å²) in [4.78, 5) is 13.6. The van der Waals surface area contributed by atoms with Crippen LogP contribution >= 0.6 is 0 Å². The van der Waals surface area contributed by atoms with Crippen LogP contribution in [0, 0.1) is 0 Å². The number of hydrogen-bond donors (Lipinski definition) is 1. The summed E-state index contributed by atoms with van der Waals surface area (Å²) in [6, 6.07) is 5.93. The summed E-state index contributed by atoms with van der Waals surface area (Å²) < 4.78 is 11.2. The Morgan fingerprint density at radius 3 is 2.78 bits per heavy atom. The van der Waals surface area contributed by atoms with Gasteiger partial charge in [-0.2, -0.15) is 0 Å². The van der Waals surface area contributed by atoms with Crippen molar-refractivity contribution in [2.24, 2.45) is 0 Å². The minimum atomic E-state index is 0.0722. The number of nitrogens with zero attached hydrogens (tertiary/aromatic N) is 1. The van der Waals surface area contributed by atoms with Gasteiger partial charge in [0.15, 0.2) is 7.98 Å². The summed E-state index contributed by atoms with van der Waals surface area (Å²) in [5, 5.41) is 2.78. The van der Waals surface area contributed by atoms with Gasteiger partial charge in [-0.25, -0.2) is 0 Å². The number of nitrogens with one attached hydrogen (secondary N) is 1. The fourth-order valence-electron chi connectivity index (χ4n) is 2.41. The number of benzene rings is 1. The summed E-state index contributed by atoms with van der Waals surface area (Å²) in [6.45, 7) is 7.20. The molecule has 0 saturated heterocycles. The number of methoxy groups -OCH3 is 1. The molecule has 0 radical (unpaired) electrons. The summed E-state index contributed by atoms with van der Waals surface area (Å²) in [7, 11) is 3.78. The van der Waals surface area contributed by atoms with E-state index in [1.54, 1.807) is 7.11 Å². The topological polar surface area (TPSA) is 50.8 Å². The van der Waals surface area contributed by atoms with Gasteiger partial charge in [0.25, 0.3) is 0 Å². The lowest BCUT2D eigenvalue weighted by Crippen LogP contribution is -2.22. The molecule has 1 amide bonds. The van der Waals surface area contributed by atoms with Crippen LogP contribution in [0.4, 0.5) is 0 Å². The molecule has 1 rings (SSSR count). The number of carbonyl (C=O) groups excluding carboxylic acids is 1. The number of ether oxygens (including phenoxy) is 2. The molecule has 0 atom stereocenters. The molecule has 0 heterocycles. The van der Waals surface area contributed by atoms with Crippen LogP contribution in [0.25, 0.3) is 0 Å². The number of carbonyl (C=O) groups is 1. The maximum absolute atomic E-state index is 11.4. The predicted octanol–water partition coefficient (Wildman–Crippen LogP) is 1.75. The summed E-state index contributed by atoms with van der Waals surface area (Å²) >= 11 is 0. The molecule has 1 N–H and O–H groups in total. The van der Waals surface area contributed by atoms with Crippen molar-refractivity contribution < 1.29 is 14.3 Å². The minimum Gasteiger partial charge on any atom is -0.496 e. The van der Waals surface area contributed by atoms with Gasteiger partial charge in [0.05, 0.1) is 13.7 Å². The van der Waals surface area contributed by atoms with Gasteiger partial charge in [-0.3, -0.25) is 4.79 Å². The SMILES string of the molecule is BN(CCC)Cc1ccc(OCCCC(=O)NCC)cc1OC. The van der Waals surface area contributed by atoms with Gasteiger partial charge in [-0.1, -0.05) is 13.0 Å². The number of hydrogen-bond acceptors (Lipinski definition) is 4. The van der Waals surface area contributed by atoms with Crippen LogP contribution in [-0.4, -0.2) is 45.5 Å². The van der Waals surface area contributed by atoms with E-state index >= 15 is 0 Å². The molecule has 5 nitrogen and oxygen atoms in total. The summed E-state index contributed by atoms with van der Waals surface area (Å²) in [5.41, 5.74) is 1.15. The van der Waals surface area contributed by atoms with Gasteiger partial charge in [0.1, 0.15) is 11.5 Å². The fraction of sp³-hybridized carbons (Fsp3) is 0.588. The molecule has 0 fully saturated rings. The van der Waals surface area contributed by atoms with Crippen molar-refractivity contribution >= 4 is 13.9 Å². The third kappa shape index (κ3) is 7.42. The molecule has 1 aromatic rings. The van der Waals surface area contributed by atoms with E-state index in [2.05, 4.69) is 25.0 Å². The van der Waals surface area contributed by atoms with E-state index in [0.717, 1.165) is 36.6 Å². The first-order chi connectivity index (χ1) is 11.1. The minimum absolute atomic E-state index is 0.0722. The molecule has 0 unspecified atom stereocenters. The van der Waals surface area contributed by atoms with E-state index in [-0.39, 0.29) is 5.91 Å². The molecule has 0 aliphatic rings. The Hall–Kier alpha value is -1.69. The van der Waals surface area contributed by atoms with Crippen LogP contribution in [0.5, 0.6) is 11.5 Å². The molecule has 1 aromatic carbocycles. The van der Waals surface area contributed by atoms with Gasteiger partial charge in [0.2, 0.25) is 5.91 Å². The normalized spacial score (nSPS) is 10.6. The highest BCUT2D eigenvalue weighted by atomic mass is 16.5. The van der Waals surface area contributed by atoms with Crippen molar-refractivity contribution in [2.45, 2.75) is 39.7 Å².